The smallest absolute Gasteiger partial charge is 0.222 e. The molecule has 6 heteroatoms. The van der Waals surface area contributed by atoms with E-state index in [4.69, 9.17) is 5.73 Å². The van der Waals surface area contributed by atoms with Gasteiger partial charge in [-0.1, -0.05) is 13.8 Å². The minimum Gasteiger partial charge on any atom is -0.338 e. The number of hydrogen-bond donors (Lipinski definition) is 2. The topological polar surface area (TPSA) is 87.9 Å². The second kappa shape index (κ2) is 7.99. The van der Waals surface area contributed by atoms with E-state index in [1.54, 1.807) is 11.9 Å². The van der Waals surface area contributed by atoms with E-state index in [1.807, 2.05) is 6.92 Å². The van der Waals surface area contributed by atoms with Crippen LogP contribution in [0.15, 0.2) is 0 Å². The summed E-state index contributed by atoms with van der Waals surface area (Å²) in [5.41, 5.74) is 5.62. The molecule has 114 valence electrons. The zero-order chi connectivity index (χ0) is 15.1. The number of aromatic nitrogens is 3. The molecule has 0 radical (unpaired) electrons. The van der Waals surface area contributed by atoms with E-state index in [2.05, 4.69) is 29.0 Å². The van der Waals surface area contributed by atoms with E-state index in [1.165, 1.54) is 0 Å². The molecule has 1 aromatic heterocycles. The zero-order valence-corrected chi connectivity index (χ0v) is 13.0. The van der Waals surface area contributed by atoms with Gasteiger partial charge in [0.05, 0.1) is 6.54 Å². The molecule has 0 spiro atoms. The Labute approximate surface area is 121 Å². The molecule has 6 nitrogen and oxygen atoms in total. The summed E-state index contributed by atoms with van der Waals surface area (Å²) in [5.74, 6) is 2.63. The standard InChI is InChI=1S/C14H27N5O/c1-10(2)12(7-8-15)5-6-14(20)19(4)9-13-16-11(3)17-18-13/h10,12H,5-9,15H2,1-4H3,(H,16,17,18). The summed E-state index contributed by atoms with van der Waals surface area (Å²) < 4.78 is 0. The molecule has 1 aromatic rings. The number of carbonyl (C=O) groups excluding carboxylic acids is 1. The molecule has 1 atom stereocenters. The highest BCUT2D eigenvalue weighted by Gasteiger charge is 2.17. The molecule has 1 heterocycles. The Morgan fingerprint density at radius 1 is 1.40 bits per heavy atom. The van der Waals surface area contributed by atoms with Gasteiger partial charge < -0.3 is 10.6 Å². The first kappa shape index (κ1) is 16.6. The molecule has 0 saturated carbocycles. The third kappa shape index (κ3) is 5.28. The van der Waals surface area contributed by atoms with Crippen LogP contribution in [0.3, 0.4) is 0 Å². The molecular formula is C14H27N5O. The van der Waals surface area contributed by atoms with E-state index in [0.717, 1.165) is 18.7 Å². The van der Waals surface area contributed by atoms with Crippen molar-refractivity contribution in [3.63, 3.8) is 0 Å². The Hall–Kier alpha value is -1.43. The maximum absolute atomic E-state index is 12.1. The quantitative estimate of drug-likeness (QED) is 0.755. The molecule has 20 heavy (non-hydrogen) atoms. The Kier molecular flexibility index (Phi) is 6.64. The number of hydrogen-bond acceptors (Lipinski definition) is 4. The van der Waals surface area contributed by atoms with Crippen LogP contribution in [0.25, 0.3) is 0 Å². The summed E-state index contributed by atoms with van der Waals surface area (Å²) in [6, 6.07) is 0. The normalized spacial score (nSPS) is 12.7. The number of amides is 1. The second-order valence-corrected chi connectivity index (χ2v) is 5.71. The lowest BCUT2D eigenvalue weighted by Crippen LogP contribution is -2.27. The van der Waals surface area contributed by atoms with Crippen molar-refractivity contribution in [1.29, 1.82) is 0 Å². The number of nitrogens with zero attached hydrogens (tertiary/aromatic N) is 3. The largest absolute Gasteiger partial charge is 0.338 e. The van der Waals surface area contributed by atoms with Crippen LogP contribution >= 0.6 is 0 Å². The fourth-order valence-corrected chi connectivity index (χ4v) is 2.28. The van der Waals surface area contributed by atoms with Crippen LogP contribution in [-0.4, -0.2) is 39.6 Å². The molecule has 1 amide bonds. The molecule has 0 aromatic carbocycles. The van der Waals surface area contributed by atoms with Gasteiger partial charge in [0.25, 0.3) is 0 Å². The second-order valence-electron chi connectivity index (χ2n) is 5.71. The minimum absolute atomic E-state index is 0.134. The van der Waals surface area contributed by atoms with E-state index >= 15 is 0 Å². The summed E-state index contributed by atoms with van der Waals surface area (Å²) in [4.78, 5) is 18.0. The van der Waals surface area contributed by atoms with Crippen molar-refractivity contribution in [2.24, 2.45) is 17.6 Å². The maximum Gasteiger partial charge on any atom is 0.222 e. The molecule has 0 aliphatic heterocycles. The van der Waals surface area contributed by atoms with Gasteiger partial charge in [0.2, 0.25) is 5.91 Å². The predicted molar refractivity (Wildman–Crippen MR) is 78.8 cm³/mol. The summed E-state index contributed by atoms with van der Waals surface area (Å²) in [6.45, 7) is 7.35. The van der Waals surface area contributed by atoms with Crippen LogP contribution < -0.4 is 5.73 Å². The summed E-state index contributed by atoms with van der Waals surface area (Å²) in [5, 5.41) is 6.83. The first-order valence-corrected chi connectivity index (χ1v) is 7.26. The van der Waals surface area contributed by atoms with Crippen molar-refractivity contribution in [3.8, 4) is 0 Å². The van der Waals surface area contributed by atoms with E-state index in [9.17, 15) is 4.79 Å². The van der Waals surface area contributed by atoms with Crippen molar-refractivity contribution in [2.75, 3.05) is 13.6 Å². The Balaban J connectivity index is 2.41. The van der Waals surface area contributed by atoms with Crippen LogP contribution in [0.5, 0.6) is 0 Å². The Morgan fingerprint density at radius 2 is 2.10 bits per heavy atom. The van der Waals surface area contributed by atoms with E-state index in [0.29, 0.717) is 37.2 Å². The summed E-state index contributed by atoms with van der Waals surface area (Å²) >= 11 is 0. The Bertz CT molecular complexity index is 415. The zero-order valence-electron chi connectivity index (χ0n) is 13.0. The number of carbonyl (C=O) groups is 1. The van der Waals surface area contributed by atoms with Crippen molar-refractivity contribution < 1.29 is 4.79 Å². The van der Waals surface area contributed by atoms with Crippen LogP contribution in [0, 0.1) is 18.8 Å². The summed E-state index contributed by atoms with van der Waals surface area (Å²) in [6.07, 6.45) is 2.43. The van der Waals surface area contributed by atoms with Crippen LogP contribution in [0.2, 0.25) is 0 Å². The lowest BCUT2D eigenvalue weighted by molar-refractivity contribution is -0.130. The number of aryl methyl sites for hydroxylation is 1. The lowest BCUT2D eigenvalue weighted by Gasteiger charge is -2.21. The number of nitrogens with one attached hydrogen (secondary N) is 1. The Morgan fingerprint density at radius 3 is 2.60 bits per heavy atom. The molecule has 0 aliphatic carbocycles. The minimum atomic E-state index is 0.134. The van der Waals surface area contributed by atoms with Gasteiger partial charge in [0.1, 0.15) is 5.82 Å². The van der Waals surface area contributed by atoms with Gasteiger partial charge in [0.15, 0.2) is 5.82 Å². The highest BCUT2D eigenvalue weighted by atomic mass is 16.2. The lowest BCUT2D eigenvalue weighted by atomic mass is 9.88. The van der Waals surface area contributed by atoms with Crippen LogP contribution in [0.1, 0.15) is 44.8 Å². The molecular weight excluding hydrogens is 254 g/mol. The van der Waals surface area contributed by atoms with Crippen molar-refractivity contribution in [1.82, 2.24) is 20.1 Å². The molecule has 3 N–H and O–H groups in total. The van der Waals surface area contributed by atoms with E-state index in [-0.39, 0.29) is 5.91 Å². The number of nitrogens with two attached hydrogens (primary N) is 1. The number of aromatic amines is 1. The first-order chi connectivity index (χ1) is 9.43. The van der Waals surface area contributed by atoms with Gasteiger partial charge in [-0.2, -0.15) is 5.10 Å². The monoisotopic (exact) mass is 281 g/mol. The highest BCUT2D eigenvalue weighted by molar-refractivity contribution is 5.75. The predicted octanol–water partition coefficient (Wildman–Crippen LogP) is 1.47. The third-order valence-electron chi connectivity index (χ3n) is 3.66. The van der Waals surface area contributed by atoms with Gasteiger partial charge in [0, 0.05) is 13.5 Å². The number of H-pyrrole nitrogens is 1. The average Bonchev–Trinajstić information content (AvgIpc) is 2.79. The molecule has 0 saturated heterocycles. The first-order valence-electron chi connectivity index (χ1n) is 7.26. The van der Waals surface area contributed by atoms with Gasteiger partial charge in [-0.15, -0.1) is 0 Å². The maximum atomic E-state index is 12.1. The fourth-order valence-electron chi connectivity index (χ4n) is 2.28. The average molecular weight is 281 g/mol. The SMILES string of the molecule is Cc1nc(CN(C)C(=O)CCC(CCN)C(C)C)n[nH]1. The van der Waals surface area contributed by atoms with Crippen molar-refractivity contribution >= 4 is 5.91 Å². The van der Waals surface area contributed by atoms with Crippen molar-refractivity contribution in [2.45, 2.75) is 46.6 Å². The molecule has 1 rings (SSSR count). The van der Waals surface area contributed by atoms with Crippen LogP contribution in [0.4, 0.5) is 0 Å². The number of rotatable bonds is 8. The van der Waals surface area contributed by atoms with Gasteiger partial charge in [-0.3, -0.25) is 9.89 Å². The van der Waals surface area contributed by atoms with Crippen LogP contribution in [-0.2, 0) is 11.3 Å². The fraction of sp³-hybridized carbons (Fsp3) is 0.786. The molecule has 1 unspecified atom stereocenters. The summed E-state index contributed by atoms with van der Waals surface area (Å²) in [7, 11) is 1.79. The molecule has 0 fully saturated rings. The van der Waals surface area contributed by atoms with E-state index < -0.39 is 0 Å². The van der Waals surface area contributed by atoms with Gasteiger partial charge >= 0.3 is 0 Å². The highest BCUT2D eigenvalue weighted by Crippen LogP contribution is 2.20. The van der Waals surface area contributed by atoms with Crippen molar-refractivity contribution in [3.05, 3.63) is 11.6 Å². The van der Waals surface area contributed by atoms with Gasteiger partial charge in [-0.05, 0) is 38.1 Å². The van der Waals surface area contributed by atoms with Gasteiger partial charge in [-0.25, -0.2) is 4.98 Å². The third-order valence-corrected chi connectivity index (χ3v) is 3.66. The molecule has 0 bridgehead atoms. The molecule has 0 aliphatic rings.